The number of nitrogens with two attached hydrogens (primary N) is 1. The molecule has 2 aromatic carbocycles. The highest BCUT2D eigenvalue weighted by molar-refractivity contribution is 7.97. The van der Waals surface area contributed by atoms with Crippen LogP contribution < -0.4 is 9.88 Å². The van der Waals surface area contributed by atoms with E-state index in [0.29, 0.717) is 11.3 Å². The number of halogens is 1. The summed E-state index contributed by atoms with van der Waals surface area (Å²) in [6.45, 7) is 0. The van der Waals surface area contributed by atoms with Gasteiger partial charge in [0.15, 0.2) is 0 Å². The zero-order valence-corrected chi connectivity index (χ0v) is 10.1. The number of methoxy groups -OCH3 is 1. The summed E-state index contributed by atoms with van der Waals surface area (Å²) in [5.41, 5.74) is 1.30. The van der Waals surface area contributed by atoms with Crippen molar-refractivity contribution in [2.45, 2.75) is 4.90 Å². The molecule has 2 N–H and O–H groups in total. The van der Waals surface area contributed by atoms with E-state index in [0.717, 1.165) is 22.4 Å². The molecule has 0 aromatic heterocycles. The molecule has 0 amide bonds. The molecular formula is C13H12FNOS. The minimum absolute atomic E-state index is 0.273. The summed E-state index contributed by atoms with van der Waals surface area (Å²) in [4.78, 5) is 0.893. The van der Waals surface area contributed by atoms with Crippen molar-refractivity contribution in [3.05, 3.63) is 48.3 Å². The van der Waals surface area contributed by atoms with Crippen LogP contribution in [0.2, 0.25) is 0 Å². The Hall–Kier alpha value is -1.52. The second-order valence-electron chi connectivity index (χ2n) is 3.49. The van der Waals surface area contributed by atoms with E-state index in [4.69, 9.17) is 9.88 Å². The standard InChI is InChI=1S/C13H12FNOS/c1-16-10-5-6-13(14)12(8-10)9-3-2-4-11(7-9)17-15/h2-8H,15H2,1H3. The Labute approximate surface area is 104 Å². The van der Waals surface area contributed by atoms with E-state index < -0.39 is 0 Å². The van der Waals surface area contributed by atoms with Crippen LogP contribution in [0.4, 0.5) is 4.39 Å². The molecule has 0 saturated heterocycles. The van der Waals surface area contributed by atoms with E-state index in [1.165, 1.54) is 6.07 Å². The Bertz CT molecular complexity index is 531. The molecule has 0 spiro atoms. The third-order valence-electron chi connectivity index (χ3n) is 2.45. The molecule has 0 bridgehead atoms. The summed E-state index contributed by atoms with van der Waals surface area (Å²) in [5, 5.41) is 5.49. The predicted molar refractivity (Wildman–Crippen MR) is 68.4 cm³/mol. The Kier molecular flexibility index (Phi) is 3.66. The average Bonchev–Trinajstić information content (AvgIpc) is 2.39. The van der Waals surface area contributed by atoms with Crippen LogP contribution >= 0.6 is 11.9 Å². The van der Waals surface area contributed by atoms with Crippen molar-refractivity contribution in [3.8, 4) is 16.9 Å². The minimum atomic E-state index is -0.273. The largest absolute Gasteiger partial charge is 0.497 e. The first-order valence-corrected chi connectivity index (χ1v) is 5.93. The normalized spacial score (nSPS) is 10.3. The van der Waals surface area contributed by atoms with E-state index in [2.05, 4.69) is 0 Å². The van der Waals surface area contributed by atoms with Crippen LogP contribution in [0.1, 0.15) is 0 Å². The molecule has 2 aromatic rings. The van der Waals surface area contributed by atoms with Crippen molar-refractivity contribution in [3.63, 3.8) is 0 Å². The third-order valence-corrected chi connectivity index (χ3v) is 2.98. The van der Waals surface area contributed by atoms with Crippen molar-refractivity contribution in [1.29, 1.82) is 0 Å². The highest BCUT2D eigenvalue weighted by atomic mass is 32.2. The predicted octanol–water partition coefficient (Wildman–Crippen LogP) is 3.47. The molecule has 0 radical (unpaired) electrons. The lowest BCUT2D eigenvalue weighted by molar-refractivity contribution is 0.414. The number of hydrogen-bond donors (Lipinski definition) is 1. The van der Waals surface area contributed by atoms with Gasteiger partial charge in [0.2, 0.25) is 0 Å². The lowest BCUT2D eigenvalue weighted by atomic mass is 10.1. The first-order chi connectivity index (χ1) is 8.24. The van der Waals surface area contributed by atoms with Crippen molar-refractivity contribution in [2.24, 2.45) is 5.14 Å². The van der Waals surface area contributed by atoms with E-state index in [1.807, 2.05) is 24.3 Å². The van der Waals surface area contributed by atoms with Gasteiger partial charge < -0.3 is 4.74 Å². The van der Waals surface area contributed by atoms with E-state index >= 15 is 0 Å². The van der Waals surface area contributed by atoms with Crippen molar-refractivity contribution < 1.29 is 9.13 Å². The Balaban J connectivity index is 2.50. The smallest absolute Gasteiger partial charge is 0.131 e. The van der Waals surface area contributed by atoms with Gasteiger partial charge in [0.25, 0.3) is 0 Å². The maximum absolute atomic E-state index is 13.7. The highest BCUT2D eigenvalue weighted by Gasteiger charge is 2.07. The summed E-state index contributed by atoms with van der Waals surface area (Å²) >= 11 is 1.14. The van der Waals surface area contributed by atoms with Gasteiger partial charge in [0, 0.05) is 10.5 Å². The summed E-state index contributed by atoms with van der Waals surface area (Å²) in [6.07, 6.45) is 0. The molecule has 0 atom stereocenters. The van der Waals surface area contributed by atoms with Crippen molar-refractivity contribution >= 4 is 11.9 Å². The van der Waals surface area contributed by atoms with E-state index in [-0.39, 0.29) is 5.82 Å². The fourth-order valence-electron chi connectivity index (χ4n) is 1.59. The molecule has 0 unspecified atom stereocenters. The van der Waals surface area contributed by atoms with Gasteiger partial charge in [-0.05, 0) is 47.8 Å². The van der Waals surface area contributed by atoms with Gasteiger partial charge in [0.05, 0.1) is 7.11 Å². The SMILES string of the molecule is COc1ccc(F)c(-c2cccc(SN)c2)c1. The number of hydrogen-bond acceptors (Lipinski definition) is 3. The summed E-state index contributed by atoms with van der Waals surface area (Å²) < 4.78 is 18.8. The zero-order valence-electron chi connectivity index (χ0n) is 9.31. The van der Waals surface area contributed by atoms with Crippen molar-refractivity contribution in [2.75, 3.05) is 7.11 Å². The topological polar surface area (TPSA) is 35.2 Å². The first kappa shape index (κ1) is 12.0. The molecule has 0 aliphatic rings. The first-order valence-electron chi connectivity index (χ1n) is 5.05. The molecule has 0 fully saturated rings. The minimum Gasteiger partial charge on any atom is -0.497 e. The third kappa shape index (κ3) is 2.60. The Morgan fingerprint density at radius 1 is 1.18 bits per heavy atom. The second-order valence-corrected chi connectivity index (χ2v) is 4.20. The molecule has 17 heavy (non-hydrogen) atoms. The lowest BCUT2D eigenvalue weighted by Crippen LogP contribution is -1.89. The fourth-order valence-corrected chi connectivity index (χ4v) is 1.94. The number of rotatable bonds is 3. The van der Waals surface area contributed by atoms with E-state index in [9.17, 15) is 4.39 Å². The van der Waals surface area contributed by atoms with Crippen LogP contribution in [0, 0.1) is 5.82 Å². The van der Waals surface area contributed by atoms with Crippen molar-refractivity contribution in [1.82, 2.24) is 0 Å². The summed E-state index contributed by atoms with van der Waals surface area (Å²) in [6, 6.07) is 12.1. The number of benzene rings is 2. The maximum atomic E-state index is 13.7. The van der Waals surface area contributed by atoms with Gasteiger partial charge >= 0.3 is 0 Å². The number of ether oxygens (including phenoxy) is 1. The molecule has 88 valence electrons. The van der Waals surface area contributed by atoms with Gasteiger partial charge in [-0.15, -0.1) is 0 Å². The van der Waals surface area contributed by atoms with Gasteiger partial charge in [-0.2, -0.15) is 0 Å². The zero-order chi connectivity index (χ0) is 12.3. The quantitative estimate of drug-likeness (QED) is 0.846. The fraction of sp³-hybridized carbons (Fsp3) is 0.0769. The van der Waals surface area contributed by atoms with Gasteiger partial charge in [-0.1, -0.05) is 12.1 Å². The summed E-state index contributed by atoms with van der Waals surface area (Å²) in [5.74, 6) is 0.358. The Morgan fingerprint density at radius 2 is 2.00 bits per heavy atom. The van der Waals surface area contributed by atoms with E-state index in [1.54, 1.807) is 19.2 Å². The molecule has 0 heterocycles. The van der Waals surface area contributed by atoms with Gasteiger partial charge in [-0.3, -0.25) is 5.14 Å². The highest BCUT2D eigenvalue weighted by Crippen LogP contribution is 2.28. The molecule has 4 heteroatoms. The molecule has 2 nitrogen and oxygen atoms in total. The molecule has 0 saturated carbocycles. The molecule has 0 aliphatic heterocycles. The van der Waals surface area contributed by atoms with Crippen LogP contribution in [-0.2, 0) is 0 Å². The molecule has 2 rings (SSSR count). The van der Waals surface area contributed by atoms with Gasteiger partial charge in [0.1, 0.15) is 11.6 Å². The molecular weight excluding hydrogens is 237 g/mol. The maximum Gasteiger partial charge on any atom is 0.131 e. The average molecular weight is 249 g/mol. The van der Waals surface area contributed by atoms with Crippen LogP contribution in [0.5, 0.6) is 5.75 Å². The van der Waals surface area contributed by atoms with Crippen LogP contribution in [-0.4, -0.2) is 7.11 Å². The van der Waals surface area contributed by atoms with Crippen LogP contribution in [0.3, 0.4) is 0 Å². The van der Waals surface area contributed by atoms with Crippen LogP contribution in [0.15, 0.2) is 47.4 Å². The Morgan fingerprint density at radius 3 is 2.71 bits per heavy atom. The lowest BCUT2D eigenvalue weighted by Gasteiger charge is -2.07. The summed E-state index contributed by atoms with van der Waals surface area (Å²) in [7, 11) is 1.56. The molecule has 0 aliphatic carbocycles. The van der Waals surface area contributed by atoms with Crippen LogP contribution in [0.25, 0.3) is 11.1 Å². The second kappa shape index (κ2) is 5.21. The van der Waals surface area contributed by atoms with Gasteiger partial charge in [-0.25, -0.2) is 4.39 Å². The monoisotopic (exact) mass is 249 g/mol.